The van der Waals surface area contributed by atoms with Crippen LogP contribution in [0.5, 0.6) is 11.5 Å². The summed E-state index contributed by atoms with van der Waals surface area (Å²) in [5.41, 5.74) is 1.40. The summed E-state index contributed by atoms with van der Waals surface area (Å²) in [4.78, 5) is 41.1. The van der Waals surface area contributed by atoms with Gasteiger partial charge in [-0.2, -0.15) is 0 Å². The van der Waals surface area contributed by atoms with E-state index in [-0.39, 0.29) is 25.9 Å². The van der Waals surface area contributed by atoms with Crippen molar-refractivity contribution in [1.29, 1.82) is 0 Å². The van der Waals surface area contributed by atoms with Gasteiger partial charge in [0, 0.05) is 12.8 Å². The Morgan fingerprint density at radius 2 is 1.22 bits per heavy atom. The predicted molar refractivity (Wildman–Crippen MR) is 130 cm³/mol. The van der Waals surface area contributed by atoms with Crippen LogP contribution in [0.25, 0.3) is 0 Å². The molecular formula is C28H27NO7. The van der Waals surface area contributed by atoms with Gasteiger partial charge in [0.2, 0.25) is 0 Å². The Hall–Kier alpha value is -4.17. The first-order valence-corrected chi connectivity index (χ1v) is 11.5. The Balaban J connectivity index is 1.68. The topological polar surface area (TPSA) is 91.4 Å². The van der Waals surface area contributed by atoms with E-state index in [0.717, 1.165) is 16.7 Å². The monoisotopic (exact) mass is 489 g/mol. The fraction of sp³-hybridized carbons (Fsp3) is 0.250. The number of methoxy groups -OCH3 is 2. The van der Waals surface area contributed by atoms with Crippen LogP contribution < -0.4 is 9.47 Å². The first-order chi connectivity index (χ1) is 17.5. The highest BCUT2D eigenvalue weighted by atomic mass is 16.7. The summed E-state index contributed by atoms with van der Waals surface area (Å²) in [5.74, 6) is -0.392. The van der Waals surface area contributed by atoms with E-state index in [1.54, 1.807) is 14.2 Å². The molecule has 0 saturated carbocycles. The number of ether oxygens (including phenoxy) is 3. The number of carbonyl (C=O) groups is 3. The number of hydrogen-bond acceptors (Lipinski definition) is 7. The Bertz CT molecular complexity index is 1140. The van der Waals surface area contributed by atoms with Gasteiger partial charge in [0.15, 0.2) is 0 Å². The van der Waals surface area contributed by atoms with Crippen molar-refractivity contribution in [3.05, 3.63) is 95.6 Å². The lowest BCUT2D eigenvalue weighted by molar-refractivity contribution is -0.198. The van der Waals surface area contributed by atoms with Crippen molar-refractivity contribution in [3.8, 4) is 11.5 Å². The molecule has 2 amide bonds. The van der Waals surface area contributed by atoms with Gasteiger partial charge in [-0.1, -0.05) is 54.6 Å². The van der Waals surface area contributed by atoms with E-state index >= 15 is 0 Å². The molecule has 0 radical (unpaired) electrons. The van der Waals surface area contributed by atoms with E-state index in [9.17, 15) is 14.4 Å². The van der Waals surface area contributed by atoms with Crippen molar-refractivity contribution in [2.24, 2.45) is 0 Å². The largest absolute Gasteiger partial charge is 0.497 e. The van der Waals surface area contributed by atoms with Gasteiger partial charge in [-0.25, -0.2) is 4.79 Å². The Kier molecular flexibility index (Phi) is 7.65. The Morgan fingerprint density at radius 3 is 1.69 bits per heavy atom. The second-order valence-corrected chi connectivity index (χ2v) is 8.15. The number of hydroxylamine groups is 2. The second kappa shape index (κ2) is 11.0. The Labute approximate surface area is 209 Å². The maximum absolute atomic E-state index is 12.5. The summed E-state index contributed by atoms with van der Waals surface area (Å²) in [6.07, 6.45) is -0.0959. The fourth-order valence-corrected chi connectivity index (χ4v) is 4.17. The third-order valence-corrected chi connectivity index (χ3v) is 6.00. The van der Waals surface area contributed by atoms with Crippen LogP contribution in [0.15, 0.2) is 78.9 Å². The van der Waals surface area contributed by atoms with Crippen LogP contribution in [-0.2, 0) is 29.6 Å². The number of rotatable bonds is 10. The Morgan fingerprint density at radius 1 is 0.750 bits per heavy atom. The number of amides is 2. The van der Waals surface area contributed by atoms with Crippen LogP contribution >= 0.6 is 0 Å². The normalized spacial score (nSPS) is 13.6. The number of carbonyl (C=O) groups excluding carboxylic acids is 3. The highest BCUT2D eigenvalue weighted by molar-refractivity contribution is 6.01. The lowest BCUT2D eigenvalue weighted by atomic mass is 9.80. The zero-order valence-electron chi connectivity index (χ0n) is 20.1. The minimum Gasteiger partial charge on any atom is -0.497 e. The van der Waals surface area contributed by atoms with Gasteiger partial charge in [0.1, 0.15) is 17.1 Å². The molecule has 1 fully saturated rings. The molecular weight excluding hydrogens is 462 g/mol. The minimum absolute atomic E-state index is 0.0364. The minimum atomic E-state index is -1.08. The average Bonchev–Trinajstić information content (AvgIpc) is 3.24. The lowest BCUT2D eigenvalue weighted by Crippen LogP contribution is -2.35. The van der Waals surface area contributed by atoms with E-state index in [0.29, 0.717) is 16.6 Å². The molecule has 8 heteroatoms. The van der Waals surface area contributed by atoms with Gasteiger partial charge in [0.25, 0.3) is 11.8 Å². The van der Waals surface area contributed by atoms with E-state index in [1.165, 1.54) is 0 Å². The number of benzene rings is 3. The highest BCUT2D eigenvalue weighted by Gasteiger charge is 2.38. The molecule has 3 aromatic carbocycles. The molecule has 0 bridgehead atoms. The lowest BCUT2D eigenvalue weighted by Gasteiger charge is -2.36. The van der Waals surface area contributed by atoms with Crippen molar-refractivity contribution in [2.75, 3.05) is 20.8 Å². The third kappa shape index (κ3) is 5.08. The van der Waals surface area contributed by atoms with E-state index in [1.807, 2.05) is 78.9 Å². The van der Waals surface area contributed by atoms with E-state index in [2.05, 4.69) is 0 Å². The molecule has 0 aromatic heterocycles. The molecule has 4 rings (SSSR count). The van der Waals surface area contributed by atoms with Crippen LogP contribution in [0.3, 0.4) is 0 Å². The summed E-state index contributed by atoms with van der Waals surface area (Å²) in [6, 6.07) is 24.7. The van der Waals surface area contributed by atoms with Crippen LogP contribution in [0.4, 0.5) is 0 Å². The molecule has 8 nitrogen and oxygen atoms in total. The molecule has 1 aliphatic rings. The maximum Gasteiger partial charge on any atom is 0.335 e. The molecule has 1 aliphatic heterocycles. The van der Waals surface area contributed by atoms with Crippen molar-refractivity contribution >= 4 is 17.8 Å². The van der Waals surface area contributed by atoms with E-state index in [4.69, 9.17) is 19.0 Å². The molecule has 3 aromatic rings. The maximum atomic E-state index is 12.5. The molecule has 1 heterocycles. The fourth-order valence-electron chi connectivity index (χ4n) is 4.17. The van der Waals surface area contributed by atoms with Gasteiger partial charge >= 0.3 is 5.97 Å². The van der Waals surface area contributed by atoms with Crippen LogP contribution in [0.2, 0.25) is 0 Å². The molecule has 0 unspecified atom stereocenters. The van der Waals surface area contributed by atoms with Gasteiger partial charge in [-0.05, 0) is 41.0 Å². The first-order valence-electron chi connectivity index (χ1n) is 11.5. The second-order valence-electron chi connectivity index (χ2n) is 8.15. The van der Waals surface area contributed by atoms with Gasteiger partial charge in [-0.3, -0.25) is 9.59 Å². The van der Waals surface area contributed by atoms with Crippen LogP contribution in [0, 0.1) is 0 Å². The molecule has 0 N–H and O–H groups in total. The molecule has 0 spiro atoms. The molecule has 0 aliphatic carbocycles. The third-order valence-electron chi connectivity index (χ3n) is 6.00. The zero-order valence-corrected chi connectivity index (χ0v) is 20.1. The van der Waals surface area contributed by atoms with Gasteiger partial charge in [-0.15, -0.1) is 5.06 Å². The summed E-state index contributed by atoms with van der Waals surface area (Å²) in [5, 5.41) is 0.541. The molecule has 0 atom stereocenters. The van der Waals surface area contributed by atoms with Gasteiger partial charge in [0.05, 0.1) is 27.2 Å². The average molecular weight is 490 g/mol. The van der Waals surface area contributed by atoms with Crippen molar-refractivity contribution in [1.82, 2.24) is 5.06 Å². The summed E-state index contributed by atoms with van der Waals surface area (Å²) in [7, 11) is 3.20. The standard InChI is InChI=1S/C28H27NO7/c1-33-23-12-8-21(9-13-23)28(20-6-4-3-5-7-20,22-10-14-24(34-2)15-11-22)35-19-18-27(32)36-29-25(30)16-17-26(29)31/h3-15H,16-19H2,1-2H3. The van der Waals surface area contributed by atoms with Crippen LogP contribution in [-0.4, -0.2) is 43.7 Å². The van der Waals surface area contributed by atoms with Crippen molar-refractivity contribution < 1.29 is 33.4 Å². The molecule has 1 saturated heterocycles. The quantitative estimate of drug-likeness (QED) is 0.314. The molecule has 36 heavy (non-hydrogen) atoms. The number of nitrogens with zero attached hydrogens (tertiary/aromatic N) is 1. The molecule has 186 valence electrons. The SMILES string of the molecule is COc1ccc(C(OCCC(=O)ON2C(=O)CCC2=O)(c2ccccc2)c2ccc(OC)cc2)cc1. The van der Waals surface area contributed by atoms with Crippen molar-refractivity contribution in [3.63, 3.8) is 0 Å². The summed E-state index contributed by atoms with van der Waals surface area (Å²) in [6.45, 7) is -0.0397. The zero-order chi connectivity index (χ0) is 25.5. The van der Waals surface area contributed by atoms with Crippen LogP contribution in [0.1, 0.15) is 36.0 Å². The van der Waals surface area contributed by atoms with Crippen molar-refractivity contribution in [2.45, 2.75) is 24.9 Å². The summed E-state index contributed by atoms with van der Waals surface area (Å²) < 4.78 is 17.2. The smallest absolute Gasteiger partial charge is 0.335 e. The first kappa shape index (κ1) is 24.9. The summed E-state index contributed by atoms with van der Waals surface area (Å²) >= 11 is 0. The highest BCUT2D eigenvalue weighted by Crippen LogP contribution is 2.41. The van der Waals surface area contributed by atoms with Gasteiger partial charge < -0.3 is 19.0 Å². The predicted octanol–water partition coefficient (Wildman–Crippen LogP) is 4.01. The number of hydrogen-bond donors (Lipinski definition) is 0. The van der Waals surface area contributed by atoms with E-state index < -0.39 is 23.4 Å². The number of imide groups is 1.